The minimum atomic E-state index is -0.216. The van der Waals surface area contributed by atoms with Gasteiger partial charge in [-0.1, -0.05) is 46.0 Å². The molecule has 0 aromatic carbocycles. The summed E-state index contributed by atoms with van der Waals surface area (Å²) in [6, 6.07) is 0. The smallest absolute Gasteiger partial charge is 0.0836 e. The molecule has 2 nitrogen and oxygen atoms in total. The molecule has 0 aromatic heterocycles. The Morgan fingerprint density at radius 3 is 2.53 bits per heavy atom. The van der Waals surface area contributed by atoms with Crippen LogP contribution in [-0.4, -0.2) is 23.9 Å². The molecule has 1 rings (SSSR count). The average Bonchev–Trinajstić information content (AvgIpc) is 2.32. The molecule has 0 bridgehead atoms. The van der Waals surface area contributed by atoms with Gasteiger partial charge in [0.1, 0.15) is 0 Å². The van der Waals surface area contributed by atoms with Crippen molar-refractivity contribution >= 4 is 0 Å². The highest BCUT2D eigenvalue weighted by atomic mass is 16.5. The Bertz CT molecular complexity index is 182. The molecule has 102 valence electrons. The van der Waals surface area contributed by atoms with Crippen molar-refractivity contribution in [1.82, 2.24) is 0 Å². The first kappa shape index (κ1) is 15.0. The Hall–Kier alpha value is -0.0800. The van der Waals surface area contributed by atoms with Gasteiger partial charge in [-0.25, -0.2) is 0 Å². The van der Waals surface area contributed by atoms with Gasteiger partial charge in [-0.05, 0) is 31.6 Å². The molecule has 0 amide bonds. The van der Waals surface area contributed by atoms with E-state index >= 15 is 0 Å². The second-order valence-electron chi connectivity index (χ2n) is 5.66. The number of hydrogen-bond donors (Lipinski definition) is 1. The summed E-state index contributed by atoms with van der Waals surface area (Å²) in [5.74, 6) is 0.716. The fraction of sp³-hybridized carbons (Fsp3) is 1.00. The molecular weight excluding hydrogens is 212 g/mol. The van der Waals surface area contributed by atoms with Crippen molar-refractivity contribution in [3.8, 4) is 0 Å². The second-order valence-corrected chi connectivity index (χ2v) is 5.66. The number of hydrogen-bond acceptors (Lipinski definition) is 2. The Labute approximate surface area is 107 Å². The second kappa shape index (κ2) is 8.93. The van der Waals surface area contributed by atoms with Gasteiger partial charge in [0.15, 0.2) is 0 Å². The van der Waals surface area contributed by atoms with Crippen molar-refractivity contribution in [2.24, 2.45) is 5.92 Å². The van der Waals surface area contributed by atoms with Crippen molar-refractivity contribution in [1.29, 1.82) is 0 Å². The molecule has 1 aliphatic rings. The van der Waals surface area contributed by atoms with E-state index in [9.17, 15) is 5.11 Å². The van der Waals surface area contributed by atoms with Crippen molar-refractivity contribution in [3.63, 3.8) is 0 Å². The highest BCUT2D eigenvalue weighted by molar-refractivity contribution is 4.78. The molecule has 3 atom stereocenters. The third kappa shape index (κ3) is 6.42. The van der Waals surface area contributed by atoms with Crippen LogP contribution in [-0.2, 0) is 4.74 Å². The van der Waals surface area contributed by atoms with Crippen LogP contribution in [0.25, 0.3) is 0 Å². The largest absolute Gasteiger partial charge is 0.390 e. The summed E-state index contributed by atoms with van der Waals surface area (Å²) in [5.41, 5.74) is 0. The number of aliphatic hydroxyl groups is 1. The Kier molecular flexibility index (Phi) is 7.87. The van der Waals surface area contributed by atoms with Crippen LogP contribution in [0, 0.1) is 5.92 Å². The van der Waals surface area contributed by atoms with Crippen LogP contribution in [0.5, 0.6) is 0 Å². The third-order valence-electron chi connectivity index (χ3n) is 3.85. The summed E-state index contributed by atoms with van der Waals surface area (Å²) in [4.78, 5) is 0. The maximum Gasteiger partial charge on any atom is 0.0836 e. The predicted molar refractivity (Wildman–Crippen MR) is 72.1 cm³/mol. The van der Waals surface area contributed by atoms with Crippen LogP contribution in [0.15, 0.2) is 0 Å². The van der Waals surface area contributed by atoms with Crippen LogP contribution in [0.4, 0.5) is 0 Å². The fourth-order valence-corrected chi connectivity index (χ4v) is 2.61. The molecule has 3 unspecified atom stereocenters. The van der Waals surface area contributed by atoms with Crippen molar-refractivity contribution in [3.05, 3.63) is 0 Å². The van der Waals surface area contributed by atoms with Crippen molar-refractivity contribution in [2.75, 3.05) is 6.61 Å². The fourth-order valence-electron chi connectivity index (χ4n) is 2.61. The van der Waals surface area contributed by atoms with Crippen LogP contribution in [0.2, 0.25) is 0 Å². The lowest BCUT2D eigenvalue weighted by molar-refractivity contribution is -0.0701. The molecule has 17 heavy (non-hydrogen) atoms. The zero-order valence-electron chi connectivity index (χ0n) is 11.7. The Morgan fingerprint density at radius 2 is 1.76 bits per heavy atom. The summed E-state index contributed by atoms with van der Waals surface area (Å²) in [6.45, 7) is 5.34. The lowest BCUT2D eigenvalue weighted by Crippen LogP contribution is -2.35. The molecule has 1 aliphatic carbocycles. The van der Waals surface area contributed by atoms with Gasteiger partial charge < -0.3 is 9.84 Å². The topological polar surface area (TPSA) is 29.5 Å². The molecule has 2 heteroatoms. The van der Waals surface area contributed by atoms with E-state index < -0.39 is 0 Å². The predicted octanol–water partition coefficient (Wildman–Crippen LogP) is 3.91. The Balaban J connectivity index is 1.97. The first-order valence-corrected chi connectivity index (χ1v) is 7.53. The van der Waals surface area contributed by atoms with Crippen molar-refractivity contribution in [2.45, 2.75) is 83.8 Å². The molecule has 0 spiro atoms. The zero-order chi connectivity index (χ0) is 12.5. The van der Waals surface area contributed by atoms with Crippen molar-refractivity contribution < 1.29 is 9.84 Å². The van der Waals surface area contributed by atoms with Crippen LogP contribution < -0.4 is 0 Å². The third-order valence-corrected chi connectivity index (χ3v) is 3.85. The van der Waals surface area contributed by atoms with E-state index in [4.69, 9.17) is 4.74 Å². The van der Waals surface area contributed by atoms with Gasteiger partial charge in [-0.2, -0.15) is 0 Å². The van der Waals surface area contributed by atoms with Crippen LogP contribution in [0.3, 0.4) is 0 Å². The standard InChI is InChI=1S/C15H30O2/c1-3-4-5-6-7-8-11-17-15-12-13(2)9-10-14(15)16/h13-16H,3-12H2,1-2H3. The van der Waals surface area contributed by atoms with Gasteiger partial charge in [0, 0.05) is 6.61 Å². The van der Waals surface area contributed by atoms with E-state index in [2.05, 4.69) is 13.8 Å². The maximum absolute atomic E-state index is 9.83. The molecular formula is C15H30O2. The van der Waals surface area contributed by atoms with E-state index in [-0.39, 0.29) is 12.2 Å². The zero-order valence-corrected chi connectivity index (χ0v) is 11.7. The molecule has 0 saturated heterocycles. The average molecular weight is 242 g/mol. The highest BCUT2D eigenvalue weighted by Crippen LogP contribution is 2.26. The first-order chi connectivity index (χ1) is 8.24. The van der Waals surface area contributed by atoms with Gasteiger partial charge >= 0.3 is 0 Å². The minimum absolute atomic E-state index is 0.106. The monoisotopic (exact) mass is 242 g/mol. The first-order valence-electron chi connectivity index (χ1n) is 7.53. The quantitative estimate of drug-likeness (QED) is 0.654. The molecule has 0 radical (unpaired) electrons. The molecule has 0 aromatic rings. The molecule has 0 heterocycles. The summed E-state index contributed by atoms with van der Waals surface area (Å²) in [6.07, 6.45) is 10.8. The summed E-state index contributed by atoms with van der Waals surface area (Å²) in [5, 5.41) is 9.83. The normalized spacial score (nSPS) is 29.5. The Morgan fingerprint density at radius 1 is 1.06 bits per heavy atom. The van der Waals surface area contributed by atoms with E-state index in [1.54, 1.807) is 0 Å². The van der Waals surface area contributed by atoms with Crippen LogP contribution in [0.1, 0.15) is 71.6 Å². The summed E-state index contributed by atoms with van der Waals surface area (Å²) in [7, 11) is 0. The highest BCUT2D eigenvalue weighted by Gasteiger charge is 2.27. The van der Waals surface area contributed by atoms with E-state index in [1.807, 2.05) is 0 Å². The van der Waals surface area contributed by atoms with E-state index in [1.165, 1.54) is 32.1 Å². The van der Waals surface area contributed by atoms with Gasteiger partial charge in [0.25, 0.3) is 0 Å². The lowest BCUT2D eigenvalue weighted by Gasteiger charge is -2.31. The lowest BCUT2D eigenvalue weighted by atomic mass is 9.86. The van der Waals surface area contributed by atoms with Gasteiger partial charge in [-0.3, -0.25) is 0 Å². The summed E-state index contributed by atoms with van der Waals surface area (Å²) >= 11 is 0. The van der Waals surface area contributed by atoms with Gasteiger partial charge in [-0.15, -0.1) is 0 Å². The molecule has 1 N–H and O–H groups in total. The van der Waals surface area contributed by atoms with E-state index in [0.717, 1.165) is 32.3 Å². The van der Waals surface area contributed by atoms with E-state index in [0.29, 0.717) is 5.92 Å². The number of aliphatic hydroxyl groups excluding tert-OH is 1. The number of ether oxygens (including phenoxy) is 1. The van der Waals surface area contributed by atoms with Crippen LogP contribution >= 0.6 is 0 Å². The molecule has 1 saturated carbocycles. The SMILES string of the molecule is CCCCCCCCOC1CC(C)CCC1O. The molecule has 0 aliphatic heterocycles. The van der Waals surface area contributed by atoms with Gasteiger partial charge in [0.05, 0.1) is 12.2 Å². The maximum atomic E-state index is 9.83. The minimum Gasteiger partial charge on any atom is -0.390 e. The number of rotatable bonds is 8. The number of unbranched alkanes of at least 4 members (excludes halogenated alkanes) is 5. The molecule has 1 fully saturated rings. The van der Waals surface area contributed by atoms with Gasteiger partial charge in [0.2, 0.25) is 0 Å². The summed E-state index contributed by atoms with van der Waals surface area (Å²) < 4.78 is 5.82.